The summed E-state index contributed by atoms with van der Waals surface area (Å²) in [5, 5.41) is 5.76. The third-order valence-electron chi connectivity index (χ3n) is 5.45. The maximum Gasteiger partial charge on any atom is 0.342 e. The average molecular weight is 557 g/mol. The summed E-state index contributed by atoms with van der Waals surface area (Å²) in [6, 6.07) is 6.51. The van der Waals surface area contributed by atoms with Gasteiger partial charge in [-0.2, -0.15) is 0 Å². The number of halogens is 3. The van der Waals surface area contributed by atoms with E-state index in [9.17, 15) is 14.0 Å². The number of esters is 1. The number of nitrogens with one attached hydrogen (secondary N) is 2. The first-order chi connectivity index (χ1) is 15.4. The number of hydrogen-bond donors (Lipinski definition) is 2. The molecule has 0 aromatic heterocycles. The molecule has 2 aliphatic heterocycles. The van der Waals surface area contributed by atoms with Crippen molar-refractivity contribution >= 4 is 45.8 Å². The van der Waals surface area contributed by atoms with Gasteiger partial charge in [0.05, 0.1) is 29.5 Å². The van der Waals surface area contributed by atoms with Crippen LogP contribution >= 0.6 is 22.6 Å². The molecule has 7 nitrogen and oxygen atoms in total. The van der Waals surface area contributed by atoms with Gasteiger partial charge in [0, 0.05) is 28.9 Å². The molecule has 4 rings (SSSR count). The lowest BCUT2D eigenvalue weighted by molar-refractivity contribution is 0.0239. The van der Waals surface area contributed by atoms with E-state index in [2.05, 4.69) is 33.2 Å². The van der Waals surface area contributed by atoms with Crippen molar-refractivity contribution in [1.29, 1.82) is 0 Å². The van der Waals surface area contributed by atoms with Gasteiger partial charge in [0.15, 0.2) is 18.4 Å². The van der Waals surface area contributed by atoms with Gasteiger partial charge in [-0.05, 0) is 65.8 Å². The Hall–Kier alpha value is -2.31. The van der Waals surface area contributed by atoms with Crippen LogP contribution in [0.15, 0.2) is 24.3 Å². The van der Waals surface area contributed by atoms with E-state index >= 15 is 4.39 Å². The highest BCUT2D eigenvalue weighted by Gasteiger charge is 2.34. The predicted octanol–water partition coefficient (Wildman–Crippen LogP) is 3.25. The molecule has 2 N–H and O–H groups in total. The summed E-state index contributed by atoms with van der Waals surface area (Å²) in [6.45, 7) is 3.82. The molecule has 170 valence electrons. The molecule has 0 bridgehead atoms. The fourth-order valence-electron chi connectivity index (χ4n) is 3.83. The van der Waals surface area contributed by atoms with Crippen LogP contribution in [-0.4, -0.2) is 51.0 Å². The van der Waals surface area contributed by atoms with Crippen LogP contribution in [0, 0.1) is 22.1 Å². The Balaban J connectivity index is 1.60. The van der Waals surface area contributed by atoms with Gasteiger partial charge in [0.1, 0.15) is 0 Å². The molecule has 2 aliphatic rings. The van der Waals surface area contributed by atoms with Crippen LogP contribution in [0.2, 0.25) is 0 Å². The maximum atomic E-state index is 15.2. The summed E-state index contributed by atoms with van der Waals surface area (Å²) in [6.07, 6.45) is 0.463. The van der Waals surface area contributed by atoms with Crippen LogP contribution in [0.1, 0.15) is 32.7 Å². The number of morpholine rings is 1. The Bertz CT molecular complexity index is 1060. The number of cyclic esters (lactones) is 1. The first kappa shape index (κ1) is 22.9. The number of anilines is 2. The minimum Gasteiger partial charge on any atom is -0.440 e. The van der Waals surface area contributed by atoms with Crippen LogP contribution in [0.3, 0.4) is 0 Å². The number of rotatable bonds is 5. The first-order valence-corrected chi connectivity index (χ1v) is 11.3. The molecule has 0 radical (unpaired) electrons. The smallest absolute Gasteiger partial charge is 0.342 e. The number of hydrogen-bond acceptors (Lipinski definition) is 6. The van der Waals surface area contributed by atoms with Gasteiger partial charge in [-0.25, -0.2) is 13.6 Å². The van der Waals surface area contributed by atoms with E-state index < -0.39 is 29.1 Å². The van der Waals surface area contributed by atoms with E-state index in [0.29, 0.717) is 25.3 Å². The predicted molar refractivity (Wildman–Crippen MR) is 122 cm³/mol. The van der Waals surface area contributed by atoms with Crippen LogP contribution in [0.4, 0.5) is 20.2 Å². The lowest BCUT2D eigenvalue weighted by Crippen LogP contribution is -2.40. The topological polar surface area (TPSA) is 79.9 Å². The molecule has 1 fully saturated rings. The molecule has 32 heavy (non-hydrogen) atoms. The average Bonchev–Trinajstić information content (AvgIpc) is 2.77. The second-order valence-electron chi connectivity index (χ2n) is 7.61. The summed E-state index contributed by atoms with van der Waals surface area (Å²) < 4.78 is 41.9. The molecular formula is C22H22F2IN3O4. The molecule has 10 heteroatoms. The van der Waals surface area contributed by atoms with Gasteiger partial charge < -0.3 is 25.0 Å². The van der Waals surface area contributed by atoms with Crippen LogP contribution in [0.5, 0.6) is 0 Å². The number of fused-ring (bicyclic) bond motifs is 1. The van der Waals surface area contributed by atoms with Crippen molar-refractivity contribution in [2.75, 3.05) is 37.9 Å². The Morgan fingerprint density at radius 1 is 1.31 bits per heavy atom. The highest BCUT2D eigenvalue weighted by atomic mass is 127. The second kappa shape index (κ2) is 9.67. The third kappa shape index (κ3) is 4.57. The molecule has 1 unspecified atom stereocenters. The number of amides is 1. The normalized spacial score (nSPS) is 18.2. The van der Waals surface area contributed by atoms with Gasteiger partial charge in [0.2, 0.25) is 0 Å². The van der Waals surface area contributed by atoms with Crippen molar-refractivity contribution in [3.05, 3.63) is 56.2 Å². The summed E-state index contributed by atoms with van der Waals surface area (Å²) in [4.78, 5) is 26.3. The fourth-order valence-corrected chi connectivity index (χ4v) is 4.47. The van der Waals surface area contributed by atoms with Crippen LogP contribution in [-0.2, 0) is 9.47 Å². The number of nitrogens with zero attached hydrogens (tertiary/aromatic N) is 1. The molecule has 1 amide bonds. The number of carbonyl (C=O) groups excluding carboxylic acids is 2. The third-order valence-corrected chi connectivity index (χ3v) is 6.12. The molecule has 1 atom stereocenters. The largest absolute Gasteiger partial charge is 0.440 e. The van der Waals surface area contributed by atoms with E-state index in [4.69, 9.17) is 9.47 Å². The quantitative estimate of drug-likeness (QED) is 0.435. The van der Waals surface area contributed by atoms with Crippen molar-refractivity contribution in [3.8, 4) is 0 Å². The van der Waals surface area contributed by atoms with Gasteiger partial charge in [-0.1, -0.05) is 0 Å². The van der Waals surface area contributed by atoms with E-state index in [0.717, 1.165) is 21.7 Å². The Kier molecular flexibility index (Phi) is 6.91. The molecule has 0 saturated carbocycles. The number of benzene rings is 2. The van der Waals surface area contributed by atoms with Gasteiger partial charge >= 0.3 is 5.97 Å². The van der Waals surface area contributed by atoms with E-state index in [1.807, 2.05) is 19.1 Å². The molecule has 2 aromatic rings. The summed E-state index contributed by atoms with van der Waals surface area (Å²) in [7, 11) is 0. The highest BCUT2D eigenvalue weighted by molar-refractivity contribution is 14.1. The highest BCUT2D eigenvalue weighted by Crippen LogP contribution is 2.38. The lowest BCUT2D eigenvalue weighted by atomic mass is 10.0. The zero-order chi connectivity index (χ0) is 22.8. The van der Waals surface area contributed by atoms with Crippen molar-refractivity contribution in [2.24, 2.45) is 0 Å². The van der Waals surface area contributed by atoms with Crippen molar-refractivity contribution in [3.63, 3.8) is 0 Å². The van der Waals surface area contributed by atoms with Crippen molar-refractivity contribution < 1.29 is 27.8 Å². The number of aryl methyl sites for hydroxylation is 1. The fraction of sp³-hybridized carbons (Fsp3) is 0.364. The van der Waals surface area contributed by atoms with E-state index in [-0.39, 0.29) is 30.6 Å². The number of ether oxygens (including phenoxy) is 2. The Labute approximate surface area is 197 Å². The summed E-state index contributed by atoms with van der Waals surface area (Å²) in [5.41, 5.74) is 0.416. The van der Waals surface area contributed by atoms with Crippen LogP contribution in [0.25, 0.3) is 0 Å². The molecule has 2 aromatic carbocycles. The Morgan fingerprint density at radius 3 is 2.84 bits per heavy atom. The van der Waals surface area contributed by atoms with Crippen molar-refractivity contribution in [1.82, 2.24) is 10.6 Å². The number of carbonyl (C=O) groups is 2. The van der Waals surface area contributed by atoms with Crippen molar-refractivity contribution in [2.45, 2.75) is 19.4 Å². The lowest BCUT2D eigenvalue weighted by Gasteiger charge is -2.32. The summed E-state index contributed by atoms with van der Waals surface area (Å²) >= 11 is 2.15. The zero-order valence-corrected chi connectivity index (χ0v) is 19.5. The minimum absolute atomic E-state index is 0.0603. The first-order valence-electron chi connectivity index (χ1n) is 10.2. The molecule has 0 spiro atoms. The zero-order valence-electron chi connectivity index (χ0n) is 17.3. The van der Waals surface area contributed by atoms with Gasteiger partial charge in [-0.3, -0.25) is 4.79 Å². The summed E-state index contributed by atoms with van der Waals surface area (Å²) in [5.74, 6) is -4.18. The minimum atomic E-state index is -1.31. The maximum absolute atomic E-state index is 15.2. The van der Waals surface area contributed by atoms with Gasteiger partial charge in [0.25, 0.3) is 5.91 Å². The van der Waals surface area contributed by atoms with E-state index in [1.165, 1.54) is 4.90 Å². The Morgan fingerprint density at radius 2 is 2.12 bits per heavy atom. The second-order valence-corrected chi connectivity index (χ2v) is 8.86. The molecule has 0 aliphatic carbocycles. The van der Waals surface area contributed by atoms with Gasteiger partial charge in [-0.15, -0.1) is 0 Å². The van der Waals surface area contributed by atoms with E-state index in [1.54, 1.807) is 6.07 Å². The molecular weight excluding hydrogens is 535 g/mol. The standard InChI is InChI=1S/C22H22F2IN3O4/c1-12-8-13(25)2-3-17(12)28-11-32-22(30)16-9-15(18(23)19(24)20(16)28)21(29)27-5-4-14-10-26-6-7-31-14/h2-3,8-9,14,26H,4-7,10-11H2,1H3,(H,27,29). The SMILES string of the molecule is Cc1cc(I)ccc1N1COC(=O)c2cc(C(=O)NCCC3CNCCO3)c(F)c(F)c21. The van der Waals surface area contributed by atoms with Crippen LogP contribution < -0.4 is 15.5 Å². The molecule has 2 heterocycles. The monoisotopic (exact) mass is 557 g/mol. The molecule has 1 saturated heterocycles.